The average Bonchev–Trinajstić information content (AvgIpc) is 2.65. The molecule has 102 valence electrons. The molecule has 1 heterocycles. The molecule has 0 aromatic heterocycles. The van der Waals surface area contributed by atoms with E-state index in [1.807, 2.05) is 0 Å². The third kappa shape index (κ3) is 2.67. The van der Waals surface area contributed by atoms with Crippen molar-refractivity contribution in [2.24, 2.45) is 0 Å². The van der Waals surface area contributed by atoms with Gasteiger partial charge in [-0.05, 0) is 18.6 Å². The number of carboxylic acids is 1. The Labute approximate surface area is 110 Å². The smallest absolute Gasteiger partial charge is 0.324 e. The standard InChI is InChI=1S/C13H15FN2O3/c1-15-9(6-7-12(17)18)8-16(13(15)19)11-5-3-2-4-10(11)14/h2-5,9H,6-8H2,1H3,(H,17,18). The number of hydrogen-bond donors (Lipinski definition) is 1. The molecule has 0 spiro atoms. The number of carbonyl (C=O) groups excluding carboxylic acids is 1. The van der Waals surface area contributed by atoms with Crippen molar-refractivity contribution in [3.05, 3.63) is 30.1 Å². The van der Waals surface area contributed by atoms with E-state index in [0.717, 1.165) is 0 Å². The molecule has 5 nitrogen and oxygen atoms in total. The van der Waals surface area contributed by atoms with Crippen LogP contribution in [0.25, 0.3) is 0 Å². The number of nitrogens with zero attached hydrogens (tertiary/aromatic N) is 2. The van der Waals surface area contributed by atoms with Gasteiger partial charge in [0.25, 0.3) is 0 Å². The Kier molecular flexibility index (Phi) is 3.69. The van der Waals surface area contributed by atoms with Gasteiger partial charge in [0.05, 0.1) is 11.7 Å². The van der Waals surface area contributed by atoms with Gasteiger partial charge in [0.15, 0.2) is 0 Å². The number of amides is 2. The van der Waals surface area contributed by atoms with Crippen LogP contribution in [0.5, 0.6) is 0 Å². The minimum Gasteiger partial charge on any atom is -0.481 e. The minimum atomic E-state index is -0.898. The van der Waals surface area contributed by atoms with Crippen molar-refractivity contribution in [1.29, 1.82) is 0 Å². The van der Waals surface area contributed by atoms with Crippen LogP contribution in [0, 0.1) is 5.82 Å². The predicted molar refractivity (Wildman–Crippen MR) is 67.6 cm³/mol. The lowest BCUT2D eigenvalue weighted by Crippen LogP contribution is -2.31. The Morgan fingerprint density at radius 1 is 1.47 bits per heavy atom. The van der Waals surface area contributed by atoms with E-state index in [4.69, 9.17) is 5.11 Å². The Balaban J connectivity index is 2.14. The maximum absolute atomic E-state index is 13.7. The molecule has 6 heteroatoms. The number of anilines is 1. The Morgan fingerprint density at radius 2 is 2.16 bits per heavy atom. The van der Waals surface area contributed by atoms with E-state index in [9.17, 15) is 14.0 Å². The topological polar surface area (TPSA) is 60.9 Å². The molecule has 1 N–H and O–H groups in total. The van der Waals surface area contributed by atoms with E-state index in [0.29, 0.717) is 13.0 Å². The molecule has 1 aromatic carbocycles. The highest BCUT2D eigenvalue weighted by Gasteiger charge is 2.36. The number of aliphatic carboxylic acids is 1. The number of carboxylic acid groups (broad SMARTS) is 1. The summed E-state index contributed by atoms with van der Waals surface area (Å²) in [6.07, 6.45) is 0.357. The fourth-order valence-electron chi connectivity index (χ4n) is 2.20. The maximum atomic E-state index is 13.7. The summed E-state index contributed by atoms with van der Waals surface area (Å²) in [4.78, 5) is 25.4. The molecule has 2 amide bonds. The van der Waals surface area contributed by atoms with Gasteiger partial charge >= 0.3 is 12.0 Å². The summed E-state index contributed by atoms with van der Waals surface area (Å²) in [5.41, 5.74) is 0.233. The number of para-hydroxylation sites is 1. The zero-order chi connectivity index (χ0) is 14.0. The van der Waals surface area contributed by atoms with E-state index < -0.39 is 11.8 Å². The molecule has 0 saturated carbocycles. The van der Waals surface area contributed by atoms with Crippen molar-refractivity contribution >= 4 is 17.7 Å². The first kappa shape index (κ1) is 13.3. The molecule has 1 aliphatic rings. The molecule has 1 fully saturated rings. The van der Waals surface area contributed by atoms with Crippen molar-refractivity contribution in [3.63, 3.8) is 0 Å². The summed E-state index contributed by atoms with van der Waals surface area (Å²) in [5, 5.41) is 8.68. The van der Waals surface area contributed by atoms with Crippen molar-refractivity contribution in [2.75, 3.05) is 18.5 Å². The van der Waals surface area contributed by atoms with E-state index in [-0.39, 0.29) is 24.2 Å². The minimum absolute atomic E-state index is 0.00655. The van der Waals surface area contributed by atoms with Gasteiger partial charge in [-0.25, -0.2) is 9.18 Å². The number of carbonyl (C=O) groups is 2. The van der Waals surface area contributed by atoms with Gasteiger partial charge in [-0.1, -0.05) is 12.1 Å². The molecule has 0 radical (unpaired) electrons. The van der Waals surface area contributed by atoms with Crippen LogP contribution in [0.2, 0.25) is 0 Å². The second-order valence-corrected chi connectivity index (χ2v) is 4.54. The quantitative estimate of drug-likeness (QED) is 0.905. The van der Waals surface area contributed by atoms with E-state index in [1.54, 1.807) is 25.2 Å². The summed E-state index contributed by atoms with van der Waals surface area (Å²) in [5.74, 6) is -1.35. The molecule has 1 aromatic rings. The Morgan fingerprint density at radius 3 is 2.79 bits per heavy atom. The predicted octanol–water partition coefficient (Wildman–Crippen LogP) is 1.93. The van der Waals surface area contributed by atoms with Gasteiger partial charge in [0.1, 0.15) is 5.82 Å². The highest BCUT2D eigenvalue weighted by molar-refractivity contribution is 5.94. The number of hydrogen-bond acceptors (Lipinski definition) is 2. The van der Waals surface area contributed by atoms with Crippen LogP contribution < -0.4 is 4.90 Å². The van der Waals surface area contributed by atoms with E-state index >= 15 is 0 Å². The lowest BCUT2D eigenvalue weighted by atomic mass is 10.1. The normalized spacial score (nSPS) is 19.1. The third-order valence-corrected chi connectivity index (χ3v) is 3.31. The number of halogens is 1. The second-order valence-electron chi connectivity index (χ2n) is 4.54. The number of urea groups is 1. The fraction of sp³-hybridized carbons (Fsp3) is 0.385. The highest BCUT2D eigenvalue weighted by Crippen LogP contribution is 2.26. The van der Waals surface area contributed by atoms with Crippen molar-refractivity contribution in [1.82, 2.24) is 4.90 Å². The third-order valence-electron chi connectivity index (χ3n) is 3.31. The van der Waals surface area contributed by atoms with Crippen LogP contribution in [0.4, 0.5) is 14.9 Å². The summed E-state index contributed by atoms with van der Waals surface area (Å²) in [6, 6.07) is 5.55. The summed E-state index contributed by atoms with van der Waals surface area (Å²) in [6.45, 7) is 0.309. The van der Waals surface area contributed by atoms with Crippen LogP contribution in [0.15, 0.2) is 24.3 Å². The largest absolute Gasteiger partial charge is 0.481 e. The van der Waals surface area contributed by atoms with Crippen molar-refractivity contribution < 1.29 is 19.1 Å². The van der Waals surface area contributed by atoms with Crippen molar-refractivity contribution in [2.45, 2.75) is 18.9 Å². The first-order valence-corrected chi connectivity index (χ1v) is 6.01. The van der Waals surface area contributed by atoms with Gasteiger partial charge in [-0.15, -0.1) is 0 Å². The zero-order valence-electron chi connectivity index (χ0n) is 10.5. The molecule has 19 heavy (non-hydrogen) atoms. The summed E-state index contributed by atoms with van der Waals surface area (Å²) in [7, 11) is 1.61. The van der Waals surface area contributed by atoms with Crippen LogP contribution in [0.3, 0.4) is 0 Å². The Hall–Kier alpha value is -2.11. The van der Waals surface area contributed by atoms with Crippen LogP contribution >= 0.6 is 0 Å². The molecule has 2 rings (SSSR count). The summed E-state index contributed by atoms with van der Waals surface area (Å²) < 4.78 is 13.7. The summed E-state index contributed by atoms with van der Waals surface area (Å²) >= 11 is 0. The molecule has 0 bridgehead atoms. The van der Waals surface area contributed by atoms with E-state index in [2.05, 4.69) is 0 Å². The average molecular weight is 266 g/mol. The van der Waals surface area contributed by atoms with Gasteiger partial charge in [0, 0.05) is 20.0 Å². The number of likely N-dealkylation sites (N-methyl/N-ethyl adjacent to an activating group) is 1. The molecular formula is C13H15FN2O3. The fourth-order valence-corrected chi connectivity index (χ4v) is 2.20. The van der Waals surface area contributed by atoms with E-state index in [1.165, 1.54) is 15.9 Å². The lowest BCUT2D eigenvalue weighted by molar-refractivity contribution is -0.137. The maximum Gasteiger partial charge on any atom is 0.324 e. The number of rotatable bonds is 4. The second kappa shape index (κ2) is 5.26. The van der Waals surface area contributed by atoms with Crippen molar-refractivity contribution in [3.8, 4) is 0 Å². The van der Waals surface area contributed by atoms with Gasteiger partial charge in [-0.3, -0.25) is 9.69 Å². The van der Waals surface area contributed by atoms with Gasteiger partial charge in [-0.2, -0.15) is 0 Å². The van der Waals surface area contributed by atoms with Crippen LogP contribution in [0.1, 0.15) is 12.8 Å². The van der Waals surface area contributed by atoms with Gasteiger partial charge in [0.2, 0.25) is 0 Å². The highest BCUT2D eigenvalue weighted by atomic mass is 19.1. The molecule has 1 saturated heterocycles. The van der Waals surface area contributed by atoms with Crippen LogP contribution in [-0.2, 0) is 4.79 Å². The lowest BCUT2D eigenvalue weighted by Gasteiger charge is -2.16. The van der Waals surface area contributed by atoms with Crippen LogP contribution in [-0.4, -0.2) is 41.6 Å². The SMILES string of the molecule is CN1C(=O)N(c2ccccc2F)CC1CCC(=O)O. The Bertz CT molecular complexity index is 506. The number of benzene rings is 1. The molecular weight excluding hydrogens is 251 g/mol. The molecule has 1 aliphatic heterocycles. The van der Waals surface area contributed by atoms with Gasteiger partial charge < -0.3 is 10.0 Å². The molecule has 1 unspecified atom stereocenters. The zero-order valence-corrected chi connectivity index (χ0v) is 10.5. The molecule has 0 aliphatic carbocycles. The first-order valence-electron chi connectivity index (χ1n) is 6.01. The monoisotopic (exact) mass is 266 g/mol. The molecule has 1 atom stereocenters. The first-order chi connectivity index (χ1) is 9.00.